The third kappa shape index (κ3) is 5.01. The maximum Gasteiger partial charge on any atom is 0.223 e. The van der Waals surface area contributed by atoms with E-state index in [1.165, 1.54) is 5.69 Å². The van der Waals surface area contributed by atoms with Crippen LogP contribution in [0.2, 0.25) is 0 Å². The molecular weight excluding hydrogens is 345 g/mol. The highest BCUT2D eigenvalue weighted by molar-refractivity contribution is 5.85. The van der Waals surface area contributed by atoms with Gasteiger partial charge in [-0.1, -0.05) is 24.6 Å². The molecule has 1 heterocycles. The van der Waals surface area contributed by atoms with Crippen LogP contribution < -0.4 is 16.0 Å². The summed E-state index contributed by atoms with van der Waals surface area (Å²) in [6.45, 7) is 2.62. The highest BCUT2D eigenvalue weighted by atomic mass is 35.5. The number of anilines is 1. The van der Waals surface area contributed by atoms with Gasteiger partial charge in [-0.3, -0.25) is 4.79 Å². The number of benzene rings is 1. The molecular formula is C18H29Cl2N3O. The van der Waals surface area contributed by atoms with Crippen molar-refractivity contribution in [3.63, 3.8) is 0 Å². The number of nitrogens with two attached hydrogens (primary N) is 1. The molecule has 1 aromatic rings. The van der Waals surface area contributed by atoms with Gasteiger partial charge in [0.05, 0.1) is 0 Å². The third-order valence-corrected chi connectivity index (χ3v) is 5.19. The lowest BCUT2D eigenvalue weighted by molar-refractivity contribution is -0.126. The maximum absolute atomic E-state index is 12.5. The highest BCUT2D eigenvalue weighted by Gasteiger charge is 2.33. The quantitative estimate of drug-likeness (QED) is 0.852. The van der Waals surface area contributed by atoms with Crippen LogP contribution in [0.1, 0.15) is 32.1 Å². The summed E-state index contributed by atoms with van der Waals surface area (Å²) in [6, 6.07) is 10.7. The molecule has 24 heavy (non-hydrogen) atoms. The Bertz CT molecular complexity index is 500. The first kappa shape index (κ1) is 21.1. The predicted octanol–water partition coefficient (Wildman–Crippen LogP) is 2.99. The second-order valence-electron chi connectivity index (χ2n) is 6.66. The second kappa shape index (κ2) is 10.1. The van der Waals surface area contributed by atoms with Gasteiger partial charge in [-0.15, -0.1) is 24.8 Å². The number of carbonyl (C=O) groups excluding carboxylic acids is 1. The minimum atomic E-state index is 0. The molecule has 0 aromatic heterocycles. The molecule has 3 rings (SSSR count). The fraction of sp³-hybridized carbons (Fsp3) is 0.611. The number of para-hydroxylation sites is 1. The van der Waals surface area contributed by atoms with E-state index in [1.54, 1.807) is 0 Å². The van der Waals surface area contributed by atoms with E-state index >= 15 is 0 Å². The van der Waals surface area contributed by atoms with Crippen molar-refractivity contribution in [3.05, 3.63) is 30.3 Å². The Hall–Kier alpha value is -0.970. The molecule has 1 amide bonds. The Morgan fingerprint density at radius 1 is 1.12 bits per heavy atom. The molecule has 1 aliphatic carbocycles. The average molecular weight is 374 g/mol. The maximum atomic E-state index is 12.5. The zero-order chi connectivity index (χ0) is 15.4. The zero-order valence-corrected chi connectivity index (χ0v) is 15.7. The number of hydrogen-bond donors (Lipinski definition) is 2. The second-order valence-corrected chi connectivity index (χ2v) is 6.66. The molecule has 3 N–H and O–H groups in total. The van der Waals surface area contributed by atoms with Gasteiger partial charge in [0.25, 0.3) is 0 Å². The number of halogens is 2. The summed E-state index contributed by atoms with van der Waals surface area (Å²) in [5, 5.41) is 3.29. The van der Waals surface area contributed by atoms with Crippen molar-refractivity contribution in [2.45, 2.75) is 38.1 Å². The number of hydrogen-bond acceptors (Lipinski definition) is 3. The average Bonchev–Trinajstić information content (AvgIpc) is 3.05. The van der Waals surface area contributed by atoms with E-state index in [4.69, 9.17) is 5.73 Å². The van der Waals surface area contributed by atoms with Crippen molar-refractivity contribution in [2.24, 2.45) is 17.6 Å². The lowest BCUT2D eigenvalue weighted by Gasteiger charge is -2.35. The molecule has 2 aliphatic rings. The summed E-state index contributed by atoms with van der Waals surface area (Å²) >= 11 is 0. The molecule has 6 heteroatoms. The van der Waals surface area contributed by atoms with Gasteiger partial charge in [0.2, 0.25) is 5.91 Å². The molecule has 2 fully saturated rings. The van der Waals surface area contributed by atoms with Crippen LogP contribution in [0, 0.1) is 11.8 Å². The SMILES string of the molecule is Cl.Cl.NC[C@H]1CCC[C@H]1C(=O)NC1CCCN(c2ccccc2)C1. The van der Waals surface area contributed by atoms with E-state index in [0.717, 1.165) is 45.2 Å². The third-order valence-electron chi connectivity index (χ3n) is 5.19. The summed E-state index contributed by atoms with van der Waals surface area (Å²) < 4.78 is 0. The molecule has 1 saturated heterocycles. The Morgan fingerprint density at radius 2 is 1.88 bits per heavy atom. The Kier molecular flexibility index (Phi) is 8.88. The minimum Gasteiger partial charge on any atom is -0.369 e. The van der Waals surface area contributed by atoms with Crippen molar-refractivity contribution in [1.82, 2.24) is 5.32 Å². The molecule has 3 atom stereocenters. The minimum absolute atomic E-state index is 0. The van der Waals surface area contributed by atoms with Gasteiger partial charge < -0.3 is 16.0 Å². The van der Waals surface area contributed by atoms with Gasteiger partial charge in [-0.05, 0) is 50.3 Å². The lowest BCUT2D eigenvalue weighted by Crippen LogP contribution is -2.50. The van der Waals surface area contributed by atoms with Crippen molar-refractivity contribution < 1.29 is 4.79 Å². The van der Waals surface area contributed by atoms with Gasteiger partial charge in [0, 0.05) is 30.7 Å². The number of piperidine rings is 1. The fourth-order valence-electron chi connectivity index (χ4n) is 3.94. The highest BCUT2D eigenvalue weighted by Crippen LogP contribution is 2.31. The Balaban J connectivity index is 0.00000144. The summed E-state index contributed by atoms with van der Waals surface area (Å²) in [7, 11) is 0. The number of nitrogens with zero attached hydrogens (tertiary/aromatic N) is 1. The number of nitrogens with one attached hydrogen (secondary N) is 1. The number of amides is 1. The Labute approximate surface area is 157 Å². The number of rotatable bonds is 4. The molecule has 136 valence electrons. The number of carbonyl (C=O) groups is 1. The largest absolute Gasteiger partial charge is 0.369 e. The van der Waals surface area contributed by atoms with Crippen molar-refractivity contribution in [2.75, 3.05) is 24.5 Å². The van der Waals surface area contributed by atoms with E-state index in [1.807, 2.05) is 6.07 Å². The molecule has 0 bridgehead atoms. The summed E-state index contributed by atoms with van der Waals surface area (Å²) in [6.07, 6.45) is 5.46. The van der Waals surface area contributed by atoms with Crippen molar-refractivity contribution in [1.29, 1.82) is 0 Å². The molecule has 1 aliphatic heterocycles. The molecule has 1 unspecified atom stereocenters. The van der Waals surface area contributed by atoms with E-state index in [-0.39, 0.29) is 42.7 Å². The van der Waals surface area contributed by atoms with Crippen LogP contribution in [0.25, 0.3) is 0 Å². The van der Waals surface area contributed by atoms with Crippen LogP contribution in [-0.2, 0) is 4.79 Å². The van der Waals surface area contributed by atoms with Gasteiger partial charge in [-0.25, -0.2) is 0 Å². The normalized spacial score (nSPS) is 26.2. The summed E-state index contributed by atoms with van der Waals surface area (Å²) in [5.41, 5.74) is 7.06. The van der Waals surface area contributed by atoms with Crippen LogP contribution in [0.3, 0.4) is 0 Å². The Morgan fingerprint density at radius 3 is 2.58 bits per heavy atom. The van der Waals surface area contributed by atoms with Gasteiger partial charge in [-0.2, -0.15) is 0 Å². The molecule has 0 spiro atoms. The smallest absolute Gasteiger partial charge is 0.223 e. The van der Waals surface area contributed by atoms with E-state index in [0.29, 0.717) is 12.5 Å². The van der Waals surface area contributed by atoms with Gasteiger partial charge >= 0.3 is 0 Å². The molecule has 0 radical (unpaired) electrons. The van der Waals surface area contributed by atoms with Gasteiger partial charge in [0.15, 0.2) is 0 Å². The fourth-order valence-corrected chi connectivity index (χ4v) is 3.94. The zero-order valence-electron chi connectivity index (χ0n) is 14.0. The van der Waals surface area contributed by atoms with Crippen LogP contribution in [-0.4, -0.2) is 31.6 Å². The first-order chi connectivity index (χ1) is 10.8. The molecule has 1 saturated carbocycles. The van der Waals surface area contributed by atoms with E-state index in [2.05, 4.69) is 34.5 Å². The van der Waals surface area contributed by atoms with E-state index in [9.17, 15) is 4.79 Å². The molecule has 1 aromatic carbocycles. The van der Waals surface area contributed by atoms with Crippen LogP contribution in [0.5, 0.6) is 0 Å². The lowest BCUT2D eigenvalue weighted by atomic mass is 9.94. The van der Waals surface area contributed by atoms with Crippen LogP contribution in [0.15, 0.2) is 30.3 Å². The first-order valence-corrected chi connectivity index (χ1v) is 8.58. The standard InChI is InChI=1S/C18H27N3O.2ClH/c19-12-14-6-4-10-17(14)18(22)20-15-7-5-11-21(13-15)16-8-2-1-3-9-16;;/h1-3,8-9,14-15,17H,4-7,10-13,19H2,(H,20,22);2*1H/t14-,15?,17-;;/m1../s1. The van der Waals surface area contributed by atoms with Crippen molar-refractivity contribution >= 4 is 36.4 Å². The predicted molar refractivity (Wildman–Crippen MR) is 104 cm³/mol. The first-order valence-electron chi connectivity index (χ1n) is 8.58. The van der Waals surface area contributed by atoms with Crippen LogP contribution in [0.4, 0.5) is 5.69 Å². The van der Waals surface area contributed by atoms with E-state index < -0.39 is 0 Å². The van der Waals surface area contributed by atoms with Crippen LogP contribution >= 0.6 is 24.8 Å². The van der Waals surface area contributed by atoms with Gasteiger partial charge in [0.1, 0.15) is 0 Å². The summed E-state index contributed by atoms with van der Waals surface area (Å²) in [5.74, 6) is 0.749. The topological polar surface area (TPSA) is 58.4 Å². The van der Waals surface area contributed by atoms with Crippen molar-refractivity contribution in [3.8, 4) is 0 Å². The summed E-state index contributed by atoms with van der Waals surface area (Å²) in [4.78, 5) is 14.9. The molecule has 4 nitrogen and oxygen atoms in total. The monoisotopic (exact) mass is 373 g/mol.